The number of aliphatic hydroxyl groups is 1. The van der Waals surface area contributed by atoms with Crippen molar-refractivity contribution in [3.05, 3.63) is 0 Å². The molecule has 0 aromatic heterocycles. The maximum Gasteiger partial charge on any atom is 0.0636 e. The molecule has 1 rings (SSSR count). The first kappa shape index (κ1) is 8.02. The second kappa shape index (κ2) is 3.35. The van der Waals surface area contributed by atoms with E-state index in [1.54, 1.807) is 0 Å². The van der Waals surface area contributed by atoms with Crippen LogP contribution in [0.4, 0.5) is 0 Å². The first-order chi connectivity index (χ1) is 4.68. The summed E-state index contributed by atoms with van der Waals surface area (Å²) in [4.78, 5) is 0. The van der Waals surface area contributed by atoms with E-state index in [2.05, 4.69) is 12.2 Å². The largest absolute Gasteiger partial charge is 0.392 e. The molecule has 0 aromatic rings. The average molecular weight is 143 g/mol. The summed E-state index contributed by atoms with van der Waals surface area (Å²) >= 11 is 0. The molecule has 1 fully saturated rings. The summed E-state index contributed by atoms with van der Waals surface area (Å²) in [5.74, 6) is 0.895. The maximum atomic E-state index is 8.92. The van der Waals surface area contributed by atoms with Crippen LogP contribution >= 0.6 is 0 Å². The summed E-state index contributed by atoms with van der Waals surface area (Å²) in [6, 6.07) is 0.685. The highest BCUT2D eigenvalue weighted by molar-refractivity contribution is 4.82. The summed E-state index contributed by atoms with van der Waals surface area (Å²) in [5.41, 5.74) is 0. The van der Waals surface area contributed by atoms with Crippen LogP contribution in [0.2, 0.25) is 0 Å². The molecule has 2 nitrogen and oxygen atoms in total. The third-order valence-corrected chi connectivity index (χ3v) is 2.08. The molecule has 1 atom stereocenters. The van der Waals surface area contributed by atoms with Crippen LogP contribution in [0.5, 0.6) is 0 Å². The number of aliphatic hydroxyl groups excluding tert-OH is 1. The van der Waals surface area contributed by atoms with Gasteiger partial charge in [-0.05, 0) is 25.7 Å². The lowest BCUT2D eigenvalue weighted by Crippen LogP contribution is -2.42. The number of hydrogen-bond acceptors (Lipinski definition) is 2. The van der Waals surface area contributed by atoms with Gasteiger partial charge in [0.05, 0.1) is 6.10 Å². The predicted octanol–water partition coefficient (Wildman–Crippen LogP) is 0.755. The molecule has 0 unspecified atom stereocenters. The van der Waals surface area contributed by atoms with E-state index < -0.39 is 0 Å². The molecule has 0 aromatic carbocycles. The van der Waals surface area contributed by atoms with E-state index in [0.29, 0.717) is 6.04 Å². The number of nitrogens with one attached hydrogen (secondary N) is 1. The summed E-state index contributed by atoms with van der Waals surface area (Å²) in [6.07, 6.45) is 2.37. The van der Waals surface area contributed by atoms with E-state index in [9.17, 15) is 0 Å². The minimum atomic E-state index is -0.198. The fraction of sp³-hybridized carbons (Fsp3) is 1.00. The van der Waals surface area contributed by atoms with E-state index in [1.165, 1.54) is 12.8 Å². The Morgan fingerprint density at radius 3 is 2.60 bits per heavy atom. The van der Waals surface area contributed by atoms with Gasteiger partial charge < -0.3 is 10.4 Å². The standard InChI is InChI=1S/C8H17NO/c1-6-3-8(4-6)9-5-7(2)10/h6-10H,3-5H2,1-2H3/t6?,7-,8?/m1/s1. The van der Waals surface area contributed by atoms with Crippen molar-refractivity contribution in [1.29, 1.82) is 0 Å². The van der Waals surface area contributed by atoms with Gasteiger partial charge in [-0.1, -0.05) is 6.92 Å². The molecule has 2 heteroatoms. The Bertz CT molecular complexity index is 97.4. The first-order valence-corrected chi connectivity index (χ1v) is 4.10. The lowest BCUT2D eigenvalue weighted by Gasteiger charge is -2.33. The fourth-order valence-corrected chi connectivity index (χ4v) is 1.41. The molecule has 60 valence electrons. The van der Waals surface area contributed by atoms with E-state index in [-0.39, 0.29) is 6.10 Å². The zero-order valence-electron chi connectivity index (χ0n) is 6.80. The van der Waals surface area contributed by atoms with Gasteiger partial charge in [0.1, 0.15) is 0 Å². The van der Waals surface area contributed by atoms with Gasteiger partial charge in [0.2, 0.25) is 0 Å². The van der Waals surface area contributed by atoms with E-state index in [0.717, 1.165) is 12.5 Å². The molecule has 1 aliphatic carbocycles. The Balaban J connectivity index is 1.95. The fourth-order valence-electron chi connectivity index (χ4n) is 1.41. The van der Waals surface area contributed by atoms with Gasteiger partial charge in [-0.2, -0.15) is 0 Å². The van der Waals surface area contributed by atoms with Crippen LogP contribution in [0.1, 0.15) is 26.7 Å². The second-order valence-electron chi connectivity index (χ2n) is 3.53. The van der Waals surface area contributed by atoms with Crippen molar-refractivity contribution in [2.24, 2.45) is 5.92 Å². The van der Waals surface area contributed by atoms with Gasteiger partial charge in [0.25, 0.3) is 0 Å². The Morgan fingerprint density at radius 2 is 2.20 bits per heavy atom. The van der Waals surface area contributed by atoms with Crippen LogP contribution in [-0.4, -0.2) is 23.8 Å². The van der Waals surface area contributed by atoms with Crippen molar-refractivity contribution in [2.45, 2.75) is 38.8 Å². The van der Waals surface area contributed by atoms with Gasteiger partial charge in [-0.3, -0.25) is 0 Å². The van der Waals surface area contributed by atoms with Gasteiger partial charge in [-0.15, -0.1) is 0 Å². The van der Waals surface area contributed by atoms with Crippen LogP contribution in [0.25, 0.3) is 0 Å². The van der Waals surface area contributed by atoms with Gasteiger partial charge in [0, 0.05) is 12.6 Å². The van der Waals surface area contributed by atoms with Crippen LogP contribution in [0.3, 0.4) is 0 Å². The normalized spacial score (nSPS) is 35.1. The molecular formula is C8H17NO. The Morgan fingerprint density at radius 1 is 1.60 bits per heavy atom. The van der Waals surface area contributed by atoms with E-state index in [4.69, 9.17) is 5.11 Å². The highest BCUT2D eigenvalue weighted by Crippen LogP contribution is 2.25. The van der Waals surface area contributed by atoms with Crippen molar-refractivity contribution in [3.63, 3.8) is 0 Å². The van der Waals surface area contributed by atoms with E-state index in [1.807, 2.05) is 6.92 Å². The number of hydrogen-bond donors (Lipinski definition) is 2. The molecular weight excluding hydrogens is 126 g/mol. The zero-order chi connectivity index (χ0) is 7.56. The minimum Gasteiger partial charge on any atom is -0.392 e. The highest BCUT2D eigenvalue weighted by atomic mass is 16.3. The predicted molar refractivity (Wildman–Crippen MR) is 41.9 cm³/mol. The zero-order valence-corrected chi connectivity index (χ0v) is 6.80. The van der Waals surface area contributed by atoms with Crippen LogP contribution in [-0.2, 0) is 0 Å². The quantitative estimate of drug-likeness (QED) is 0.611. The molecule has 0 amide bonds. The summed E-state index contributed by atoms with van der Waals surface area (Å²) in [5, 5.41) is 12.2. The molecule has 0 bridgehead atoms. The van der Waals surface area contributed by atoms with Crippen LogP contribution < -0.4 is 5.32 Å². The average Bonchev–Trinajstić information content (AvgIpc) is 1.77. The molecule has 0 saturated heterocycles. The topological polar surface area (TPSA) is 32.3 Å². The molecule has 1 saturated carbocycles. The van der Waals surface area contributed by atoms with Crippen molar-refractivity contribution in [3.8, 4) is 0 Å². The Labute approximate surface area is 62.6 Å². The van der Waals surface area contributed by atoms with Crippen LogP contribution in [0, 0.1) is 5.92 Å². The molecule has 0 aliphatic heterocycles. The van der Waals surface area contributed by atoms with Crippen LogP contribution in [0.15, 0.2) is 0 Å². The monoisotopic (exact) mass is 143 g/mol. The highest BCUT2D eigenvalue weighted by Gasteiger charge is 2.24. The molecule has 0 heterocycles. The molecule has 0 radical (unpaired) electrons. The van der Waals surface area contributed by atoms with Crippen molar-refractivity contribution < 1.29 is 5.11 Å². The SMILES string of the molecule is CC1CC(NC[C@@H](C)O)C1. The summed E-state index contributed by atoms with van der Waals surface area (Å²) in [6.45, 7) is 4.83. The second-order valence-corrected chi connectivity index (χ2v) is 3.53. The van der Waals surface area contributed by atoms with Gasteiger partial charge in [0.15, 0.2) is 0 Å². The molecule has 0 spiro atoms. The summed E-state index contributed by atoms with van der Waals surface area (Å²) < 4.78 is 0. The first-order valence-electron chi connectivity index (χ1n) is 4.10. The molecule has 10 heavy (non-hydrogen) atoms. The smallest absolute Gasteiger partial charge is 0.0636 e. The maximum absolute atomic E-state index is 8.92. The third kappa shape index (κ3) is 2.27. The van der Waals surface area contributed by atoms with Crippen molar-refractivity contribution >= 4 is 0 Å². The van der Waals surface area contributed by atoms with Gasteiger partial charge in [-0.25, -0.2) is 0 Å². The Hall–Kier alpha value is -0.0800. The van der Waals surface area contributed by atoms with E-state index >= 15 is 0 Å². The number of rotatable bonds is 3. The lowest BCUT2D eigenvalue weighted by molar-refractivity contribution is 0.162. The summed E-state index contributed by atoms with van der Waals surface area (Å²) in [7, 11) is 0. The Kier molecular flexibility index (Phi) is 2.69. The lowest BCUT2D eigenvalue weighted by atomic mass is 9.82. The van der Waals surface area contributed by atoms with Crippen molar-refractivity contribution in [1.82, 2.24) is 5.32 Å². The minimum absolute atomic E-state index is 0.198. The molecule has 1 aliphatic rings. The third-order valence-electron chi connectivity index (χ3n) is 2.08. The molecule has 2 N–H and O–H groups in total. The van der Waals surface area contributed by atoms with Crippen molar-refractivity contribution in [2.75, 3.05) is 6.54 Å². The van der Waals surface area contributed by atoms with Gasteiger partial charge >= 0.3 is 0 Å².